The topological polar surface area (TPSA) is 52.6 Å². The highest BCUT2D eigenvalue weighted by Crippen LogP contribution is 2.13. The summed E-state index contributed by atoms with van der Waals surface area (Å²) in [6, 6.07) is 0. The summed E-state index contributed by atoms with van der Waals surface area (Å²) in [4.78, 5) is 22.5. The van der Waals surface area contributed by atoms with Crippen molar-refractivity contribution in [1.29, 1.82) is 0 Å². The molecular formula is C24H42O4. The van der Waals surface area contributed by atoms with Gasteiger partial charge >= 0.3 is 11.9 Å². The molecule has 0 aliphatic carbocycles. The van der Waals surface area contributed by atoms with Crippen LogP contribution in [0.2, 0.25) is 0 Å². The Hall–Kier alpha value is -1.58. The van der Waals surface area contributed by atoms with Gasteiger partial charge in [-0.05, 0) is 13.0 Å². The Morgan fingerprint density at radius 1 is 0.714 bits per heavy atom. The molecule has 0 spiro atoms. The zero-order valence-electron chi connectivity index (χ0n) is 18.1. The number of unbranched alkanes of at least 4 members (excludes halogenated alkanes) is 15. The Kier molecular flexibility index (Phi) is 19.0. The Labute approximate surface area is 172 Å². The van der Waals surface area contributed by atoms with Crippen LogP contribution in [0.15, 0.2) is 25.0 Å². The minimum absolute atomic E-state index is 0.290. The van der Waals surface area contributed by atoms with E-state index in [1.807, 2.05) is 0 Å². The number of hydrogen-bond acceptors (Lipinski definition) is 4. The van der Waals surface area contributed by atoms with Gasteiger partial charge < -0.3 is 9.47 Å². The van der Waals surface area contributed by atoms with Gasteiger partial charge in [-0.15, -0.1) is 0 Å². The molecule has 162 valence electrons. The lowest BCUT2D eigenvalue weighted by Crippen LogP contribution is -2.13. The van der Waals surface area contributed by atoms with Gasteiger partial charge in [0.25, 0.3) is 0 Å². The first kappa shape index (κ1) is 26.4. The number of ether oxygens (including phenoxy) is 2. The number of rotatable bonds is 20. The van der Waals surface area contributed by atoms with Crippen LogP contribution in [0.25, 0.3) is 0 Å². The van der Waals surface area contributed by atoms with E-state index in [-0.39, 0.29) is 5.76 Å². The first-order valence-corrected chi connectivity index (χ1v) is 11.3. The van der Waals surface area contributed by atoms with Crippen molar-refractivity contribution in [3.63, 3.8) is 0 Å². The fourth-order valence-electron chi connectivity index (χ4n) is 3.10. The molecule has 4 nitrogen and oxygen atoms in total. The van der Waals surface area contributed by atoms with Crippen molar-refractivity contribution in [3.05, 3.63) is 25.0 Å². The lowest BCUT2D eigenvalue weighted by Gasteiger charge is -2.06. The van der Waals surface area contributed by atoms with Crippen molar-refractivity contribution in [3.8, 4) is 0 Å². The Morgan fingerprint density at radius 3 is 1.50 bits per heavy atom. The molecule has 0 aromatic heterocycles. The summed E-state index contributed by atoms with van der Waals surface area (Å²) in [6.45, 7) is 9.23. The molecule has 0 radical (unpaired) electrons. The van der Waals surface area contributed by atoms with Gasteiger partial charge in [-0.1, -0.05) is 110 Å². The predicted octanol–water partition coefficient (Wildman–Crippen LogP) is 7.03. The van der Waals surface area contributed by atoms with Crippen molar-refractivity contribution in [1.82, 2.24) is 0 Å². The third-order valence-electron chi connectivity index (χ3n) is 4.85. The van der Waals surface area contributed by atoms with Crippen LogP contribution >= 0.6 is 0 Å². The number of carbonyl (C=O) groups excluding carboxylic acids is 2. The summed E-state index contributed by atoms with van der Waals surface area (Å²) in [5, 5.41) is 0. The van der Waals surface area contributed by atoms with Crippen LogP contribution in [-0.2, 0) is 19.1 Å². The van der Waals surface area contributed by atoms with Crippen molar-refractivity contribution in [2.45, 2.75) is 110 Å². The van der Waals surface area contributed by atoms with E-state index in [0.717, 1.165) is 18.9 Å². The van der Waals surface area contributed by atoms with Crippen molar-refractivity contribution < 1.29 is 19.1 Å². The summed E-state index contributed by atoms with van der Waals surface area (Å²) in [7, 11) is 0. The highest BCUT2D eigenvalue weighted by molar-refractivity contribution is 5.91. The van der Waals surface area contributed by atoms with E-state index in [2.05, 4.69) is 24.8 Å². The van der Waals surface area contributed by atoms with Crippen LogP contribution in [0.1, 0.15) is 110 Å². The third-order valence-corrected chi connectivity index (χ3v) is 4.85. The van der Waals surface area contributed by atoms with E-state index in [4.69, 9.17) is 4.74 Å². The number of esters is 2. The molecule has 0 aliphatic heterocycles. The second kappa shape index (κ2) is 20.2. The molecule has 0 unspecified atom stereocenters. The van der Waals surface area contributed by atoms with E-state index in [9.17, 15) is 9.59 Å². The van der Waals surface area contributed by atoms with Gasteiger partial charge in [0, 0.05) is 6.08 Å². The quantitative estimate of drug-likeness (QED) is 0.0962. The molecule has 0 aromatic rings. The zero-order valence-corrected chi connectivity index (χ0v) is 18.1. The standard InChI is InChI=1S/C24H42O4/c1-4-6-7-8-9-10-11-12-13-14-15-16-17-18-19-20-21-27-24(26)22(3)28-23(25)5-2/h5H,2-4,6-21H2,1H3. The lowest BCUT2D eigenvalue weighted by atomic mass is 10.0. The van der Waals surface area contributed by atoms with Gasteiger partial charge in [0.15, 0.2) is 0 Å². The highest BCUT2D eigenvalue weighted by atomic mass is 16.6. The SMILES string of the molecule is C=CC(=O)OC(=C)C(=O)OCCCCCCCCCCCCCCCCCC. The molecular weight excluding hydrogens is 352 g/mol. The molecule has 0 atom stereocenters. The largest absolute Gasteiger partial charge is 0.460 e. The average Bonchev–Trinajstić information content (AvgIpc) is 2.69. The lowest BCUT2D eigenvalue weighted by molar-refractivity contribution is -0.149. The summed E-state index contributed by atoms with van der Waals surface area (Å²) in [6.07, 6.45) is 21.8. The summed E-state index contributed by atoms with van der Waals surface area (Å²) in [5.74, 6) is -1.68. The van der Waals surface area contributed by atoms with Crippen LogP contribution in [0.5, 0.6) is 0 Å². The maximum absolute atomic E-state index is 11.5. The van der Waals surface area contributed by atoms with Crippen molar-refractivity contribution >= 4 is 11.9 Å². The molecule has 0 heterocycles. The molecule has 4 heteroatoms. The molecule has 0 amide bonds. The molecule has 28 heavy (non-hydrogen) atoms. The Bertz CT molecular complexity index is 428. The van der Waals surface area contributed by atoms with Gasteiger partial charge in [-0.25, -0.2) is 9.59 Å². The molecule has 0 fully saturated rings. The van der Waals surface area contributed by atoms with Gasteiger partial charge in [0.05, 0.1) is 6.61 Å². The maximum atomic E-state index is 11.5. The monoisotopic (exact) mass is 394 g/mol. The molecule has 0 aromatic carbocycles. The highest BCUT2D eigenvalue weighted by Gasteiger charge is 2.12. The van der Waals surface area contributed by atoms with Crippen LogP contribution in [0, 0.1) is 0 Å². The van der Waals surface area contributed by atoms with Crippen LogP contribution in [0.3, 0.4) is 0 Å². The van der Waals surface area contributed by atoms with Crippen LogP contribution in [-0.4, -0.2) is 18.5 Å². The van der Waals surface area contributed by atoms with Gasteiger partial charge in [-0.2, -0.15) is 0 Å². The second-order valence-electron chi connectivity index (χ2n) is 7.49. The fourth-order valence-corrected chi connectivity index (χ4v) is 3.10. The molecule has 0 N–H and O–H groups in total. The van der Waals surface area contributed by atoms with E-state index in [0.29, 0.717) is 6.61 Å². The van der Waals surface area contributed by atoms with Crippen LogP contribution < -0.4 is 0 Å². The Morgan fingerprint density at radius 2 is 1.11 bits per heavy atom. The number of hydrogen-bond donors (Lipinski definition) is 0. The second-order valence-corrected chi connectivity index (χ2v) is 7.49. The minimum Gasteiger partial charge on any atom is -0.460 e. The normalized spacial score (nSPS) is 10.5. The predicted molar refractivity (Wildman–Crippen MR) is 116 cm³/mol. The zero-order chi connectivity index (χ0) is 20.9. The number of carbonyl (C=O) groups is 2. The Balaban J connectivity index is 3.25. The van der Waals surface area contributed by atoms with Crippen LogP contribution in [0.4, 0.5) is 0 Å². The maximum Gasteiger partial charge on any atom is 0.373 e. The van der Waals surface area contributed by atoms with Gasteiger partial charge in [0.2, 0.25) is 5.76 Å². The third kappa shape index (κ3) is 17.8. The summed E-state index contributed by atoms with van der Waals surface area (Å²) in [5.41, 5.74) is 0. The van der Waals surface area contributed by atoms with E-state index in [1.165, 1.54) is 89.9 Å². The first-order valence-electron chi connectivity index (χ1n) is 11.3. The smallest absolute Gasteiger partial charge is 0.373 e. The van der Waals surface area contributed by atoms with E-state index in [1.54, 1.807) is 0 Å². The van der Waals surface area contributed by atoms with Crippen molar-refractivity contribution in [2.24, 2.45) is 0 Å². The molecule has 0 rings (SSSR count). The van der Waals surface area contributed by atoms with E-state index >= 15 is 0 Å². The molecule has 0 saturated carbocycles. The van der Waals surface area contributed by atoms with Crippen molar-refractivity contribution in [2.75, 3.05) is 6.61 Å². The van der Waals surface area contributed by atoms with Gasteiger partial charge in [0.1, 0.15) is 0 Å². The summed E-state index contributed by atoms with van der Waals surface area (Å²) >= 11 is 0. The van der Waals surface area contributed by atoms with E-state index < -0.39 is 11.9 Å². The first-order chi connectivity index (χ1) is 13.6. The molecule has 0 aliphatic rings. The van der Waals surface area contributed by atoms with Gasteiger partial charge in [-0.3, -0.25) is 0 Å². The fraction of sp³-hybridized carbons (Fsp3) is 0.750. The molecule has 0 saturated heterocycles. The molecule has 0 bridgehead atoms. The minimum atomic E-state index is -0.704. The summed E-state index contributed by atoms with van der Waals surface area (Å²) < 4.78 is 9.64. The average molecular weight is 395 g/mol.